The highest BCUT2D eigenvalue weighted by atomic mass is 31.2. The van der Waals surface area contributed by atoms with Gasteiger partial charge in [-0.2, -0.15) is 0 Å². The average molecular weight is 514 g/mol. The molecule has 188 valence electrons. The van der Waals surface area contributed by atoms with Crippen LogP contribution in [0.1, 0.15) is 24.0 Å². The monoisotopic (exact) mass is 513 g/mol. The van der Waals surface area contributed by atoms with Gasteiger partial charge in [0.25, 0.3) is 0 Å². The molecule has 0 heterocycles. The Morgan fingerprint density at radius 2 is 0.868 bits per heavy atom. The van der Waals surface area contributed by atoms with Gasteiger partial charge in [-0.3, -0.25) is 0 Å². The van der Waals surface area contributed by atoms with E-state index in [4.69, 9.17) is 4.74 Å². The van der Waals surface area contributed by atoms with Crippen molar-refractivity contribution in [3.8, 4) is 5.75 Å². The van der Waals surface area contributed by atoms with Crippen LogP contribution in [-0.2, 0) is 0 Å². The summed E-state index contributed by atoms with van der Waals surface area (Å²) in [7, 11) is -1.77. The molecule has 0 radical (unpaired) electrons. The lowest BCUT2D eigenvalue weighted by Gasteiger charge is -2.27. The molecule has 0 aromatic heterocycles. The molecule has 1 nitrogen and oxygen atoms in total. The van der Waals surface area contributed by atoms with Crippen LogP contribution < -0.4 is 20.7 Å². The molecule has 0 N–H and O–H groups in total. The second-order valence-corrected chi connectivity index (χ2v) is 13.0. The van der Waals surface area contributed by atoms with E-state index in [-0.39, 0.29) is 0 Å². The van der Waals surface area contributed by atoms with Crippen molar-refractivity contribution in [3.05, 3.63) is 157 Å². The third kappa shape index (κ3) is 6.31. The molecule has 0 saturated carbocycles. The molecule has 0 bridgehead atoms. The third-order valence-electron chi connectivity index (χ3n) is 6.90. The predicted octanol–water partition coefficient (Wildman–Crippen LogP) is 8.01. The van der Waals surface area contributed by atoms with Crippen molar-refractivity contribution in [1.29, 1.82) is 0 Å². The van der Waals surface area contributed by atoms with E-state index in [1.54, 1.807) is 0 Å². The van der Waals surface area contributed by atoms with Crippen LogP contribution in [0, 0.1) is 0 Å². The Balaban J connectivity index is 1.25. The van der Waals surface area contributed by atoms with Gasteiger partial charge in [0.05, 0.1) is 12.8 Å². The Labute approximate surface area is 227 Å². The largest absolute Gasteiger partial charge is 0.494 e. The number of unbranched alkanes of at least 4 members (excludes halogenated alkanes) is 1. The number of ether oxygens (including phenoxy) is 1. The van der Waals surface area contributed by atoms with Crippen LogP contribution in [-0.4, -0.2) is 12.8 Å². The molecule has 0 amide bonds. The smallest absolute Gasteiger partial charge is 0.119 e. The van der Waals surface area contributed by atoms with Gasteiger partial charge in [-0.05, 0) is 72.5 Å². The number of hydrogen-bond donors (Lipinski definition) is 0. The SMILES string of the molecule is C(=C\c1ccc(OCCCC[P+](c2ccccc2)(c2ccccc2)c2ccccc2)cc1)/c1ccccc1. The highest BCUT2D eigenvalue weighted by molar-refractivity contribution is 7.95. The standard InChI is InChI=1S/C36H34OP/c1-5-15-31(16-6-1)23-24-32-25-27-33(28-26-32)37-29-13-14-30-38(34-17-7-2-8-18-34,35-19-9-3-10-20-35)36-21-11-4-12-22-36/h1-12,15-28H,13-14,29-30H2/q+1/b24-23+. The van der Waals surface area contributed by atoms with Crippen molar-refractivity contribution in [3.63, 3.8) is 0 Å². The first-order valence-electron chi connectivity index (χ1n) is 13.4. The Morgan fingerprint density at radius 1 is 0.447 bits per heavy atom. The predicted molar refractivity (Wildman–Crippen MR) is 167 cm³/mol. The summed E-state index contributed by atoms with van der Waals surface area (Å²) in [5.41, 5.74) is 2.37. The van der Waals surface area contributed by atoms with Gasteiger partial charge in [-0.25, -0.2) is 0 Å². The summed E-state index contributed by atoms with van der Waals surface area (Å²) in [6.07, 6.45) is 7.52. The van der Waals surface area contributed by atoms with Gasteiger partial charge in [-0.15, -0.1) is 0 Å². The van der Waals surface area contributed by atoms with E-state index in [0.29, 0.717) is 0 Å². The maximum atomic E-state index is 6.14. The fourth-order valence-electron chi connectivity index (χ4n) is 4.95. The second-order valence-electron chi connectivity index (χ2n) is 9.41. The van der Waals surface area contributed by atoms with Crippen LogP contribution in [0.2, 0.25) is 0 Å². The van der Waals surface area contributed by atoms with E-state index in [9.17, 15) is 0 Å². The van der Waals surface area contributed by atoms with E-state index in [2.05, 4.69) is 152 Å². The van der Waals surface area contributed by atoms with Crippen molar-refractivity contribution >= 4 is 35.3 Å². The molecule has 0 aliphatic carbocycles. The molecule has 0 saturated heterocycles. The van der Waals surface area contributed by atoms with Crippen LogP contribution in [0.15, 0.2) is 146 Å². The van der Waals surface area contributed by atoms with E-state index >= 15 is 0 Å². The average Bonchev–Trinajstić information content (AvgIpc) is 3.00. The lowest BCUT2D eigenvalue weighted by molar-refractivity contribution is 0.309. The van der Waals surface area contributed by atoms with Gasteiger partial charge < -0.3 is 4.74 Å². The Hall–Kier alpha value is -3.93. The summed E-state index contributed by atoms with van der Waals surface area (Å²) in [6.45, 7) is 0.720. The van der Waals surface area contributed by atoms with Crippen molar-refractivity contribution in [1.82, 2.24) is 0 Å². The van der Waals surface area contributed by atoms with Gasteiger partial charge in [0.15, 0.2) is 0 Å². The van der Waals surface area contributed by atoms with Crippen LogP contribution in [0.25, 0.3) is 12.2 Å². The van der Waals surface area contributed by atoms with E-state index in [1.165, 1.54) is 27.0 Å². The summed E-state index contributed by atoms with van der Waals surface area (Å²) in [5.74, 6) is 0.928. The molecule has 38 heavy (non-hydrogen) atoms. The second kappa shape index (κ2) is 13.0. The van der Waals surface area contributed by atoms with Crippen molar-refractivity contribution in [2.24, 2.45) is 0 Å². The van der Waals surface area contributed by atoms with Gasteiger partial charge in [-0.1, -0.05) is 109 Å². The molecule has 0 atom stereocenters. The minimum atomic E-state index is -1.77. The summed E-state index contributed by atoms with van der Waals surface area (Å²) in [4.78, 5) is 0. The lowest BCUT2D eigenvalue weighted by Crippen LogP contribution is -2.33. The number of hydrogen-bond acceptors (Lipinski definition) is 1. The first-order valence-corrected chi connectivity index (χ1v) is 15.3. The van der Waals surface area contributed by atoms with Crippen molar-refractivity contribution in [2.45, 2.75) is 12.8 Å². The summed E-state index contributed by atoms with van der Waals surface area (Å²) in [6, 6.07) is 52.1. The van der Waals surface area contributed by atoms with Crippen molar-refractivity contribution < 1.29 is 4.74 Å². The lowest BCUT2D eigenvalue weighted by atomic mass is 10.1. The molecule has 0 fully saturated rings. The molecule has 0 unspecified atom stereocenters. The highest BCUT2D eigenvalue weighted by Crippen LogP contribution is 2.55. The highest BCUT2D eigenvalue weighted by Gasteiger charge is 2.44. The van der Waals surface area contributed by atoms with Crippen molar-refractivity contribution in [2.75, 3.05) is 12.8 Å². The Kier molecular flexibility index (Phi) is 8.82. The van der Waals surface area contributed by atoms with E-state index in [1.807, 2.05) is 6.07 Å². The molecule has 5 aromatic rings. The third-order valence-corrected chi connectivity index (χ3v) is 11.4. The number of rotatable bonds is 11. The first kappa shape index (κ1) is 25.7. The number of benzene rings is 5. The quantitative estimate of drug-likeness (QED) is 0.0987. The molecule has 5 aromatic carbocycles. The van der Waals surface area contributed by atoms with Gasteiger partial charge in [0.2, 0.25) is 0 Å². The first-order chi connectivity index (χ1) is 18.8. The van der Waals surface area contributed by atoms with Crippen LogP contribution in [0.4, 0.5) is 0 Å². The zero-order valence-corrected chi connectivity index (χ0v) is 22.6. The topological polar surface area (TPSA) is 9.23 Å². The van der Waals surface area contributed by atoms with Crippen LogP contribution in [0.3, 0.4) is 0 Å². The zero-order chi connectivity index (χ0) is 25.9. The summed E-state index contributed by atoms with van der Waals surface area (Å²) < 4.78 is 6.14. The van der Waals surface area contributed by atoms with Gasteiger partial charge in [0, 0.05) is 0 Å². The Morgan fingerprint density at radius 3 is 1.34 bits per heavy atom. The fraction of sp³-hybridized carbons (Fsp3) is 0.111. The van der Waals surface area contributed by atoms with E-state index in [0.717, 1.165) is 31.4 Å². The molecule has 0 spiro atoms. The van der Waals surface area contributed by atoms with Crippen LogP contribution >= 0.6 is 7.26 Å². The Bertz CT molecular complexity index is 1300. The van der Waals surface area contributed by atoms with Gasteiger partial charge in [0.1, 0.15) is 28.9 Å². The maximum absolute atomic E-state index is 6.14. The van der Waals surface area contributed by atoms with E-state index < -0.39 is 7.26 Å². The molecular weight excluding hydrogens is 479 g/mol. The summed E-state index contributed by atoms with van der Waals surface area (Å²) in [5, 5.41) is 4.33. The fourth-order valence-corrected chi connectivity index (χ4v) is 9.37. The zero-order valence-electron chi connectivity index (χ0n) is 21.7. The molecular formula is C36H34OP+. The normalized spacial score (nSPS) is 11.5. The minimum Gasteiger partial charge on any atom is -0.494 e. The molecule has 0 aliphatic heterocycles. The minimum absolute atomic E-state index is 0.720. The maximum Gasteiger partial charge on any atom is 0.119 e. The summed E-state index contributed by atoms with van der Waals surface area (Å²) >= 11 is 0. The molecule has 2 heteroatoms. The molecule has 5 rings (SSSR count). The molecule has 0 aliphatic rings. The van der Waals surface area contributed by atoms with Gasteiger partial charge >= 0.3 is 0 Å². The van der Waals surface area contributed by atoms with Crippen LogP contribution in [0.5, 0.6) is 5.75 Å².